The molecule has 1 heterocycles. The third-order valence-corrected chi connectivity index (χ3v) is 2.85. The molecule has 0 aromatic carbocycles. The predicted molar refractivity (Wildman–Crippen MR) is 59.0 cm³/mol. The van der Waals surface area contributed by atoms with Gasteiger partial charge >= 0.3 is 0 Å². The molecule has 76 valence electrons. The van der Waals surface area contributed by atoms with E-state index >= 15 is 0 Å². The number of nitrogens with one attached hydrogen (secondary N) is 1. The van der Waals surface area contributed by atoms with Gasteiger partial charge in [-0.1, -0.05) is 12.2 Å². The normalized spacial score (nSPS) is 21.4. The monoisotopic (exact) mass is 190 g/mol. The van der Waals surface area contributed by atoms with Crippen molar-refractivity contribution in [2.24, 2.45) is 7.05 Å². The zero-order valence-corrected chi connectivity index (χ0v) is 8.74. The van der Waals surface area contributed by atoms with E-state index in [2.05, 4.69) is 47.4 Å². The third kappa shape index (κ3) is 2.26. The maximum Gasteiger partial charge on any atom is 0.0364 e. The van der Waals surface area contributed by atoms with Crippen LogP contribution >= 0.6 is 0 Å². The highest BCUT2D eigenvalue weighted by molar-refractivity contribution is 5.07. The van der Waals surface area contributed by atoms with Crippen molar-refractivity contribution in [3.05, 3.63) is 36.2 Å². The molecular formula is C12H18N2. The van der Waals surface area contributed by atoms with Crippen molar-refractivity contribution in [1.29, 1.82) is 0 Å². The van der Waals surface area contributed by atoms with Gasteiger partial charge in [-0.05, 0) is 31.4 Å². The van der Waals surface area contributed by atoms with E-state index in [1.807, 2.05) is 0 Å². The molecule has 2 rings (SSSR count). The van der Waals surface area contributed by atoms with E-state index in [0.29, 0.717) is 6.04 Å². The largest absolute Gasteiger partial charge is 0.353 e. The van der Waals surface area contributed by atoms with Crippen LogP contribution in [0, 0.1) is 0 Å². The molecule has 14 heavy (non-hydrogen) atoms. The first-order chi connectivity index (χ1) is 6.86. The smallest absolute Gasteiger partial charge is 0.0364 e. The van der Waals surface area contributed by atoms with Crippen LogP contribution < -0.4 is 5.32 Å². The predicted octanol–water partition coefficient (Wildman–Crippen LogP) is 2.22. The van der Waals surface area contributed by atoms with Gasteiger partial charge in [0.1, 0.15) is 0 Å². The van der Waals surface area contributed by atoms with E-state index in [-0.39, 0.29) is 0 Å². The molecule has 0 bridgehead atoms. The lowest BCUT2D eigenvalue weighted by atomic mass is 10.0. The SMILES string of the molecule is Cn1cccc1CNC1C=CCCC1. The van der Waals surface area contributed by atoms with Crippen molar-refractivity contribution in [1.82, 2.24) is 9.88 Å². The molecule has 1 aliphatic rings. The maximum absolute atomic E-state index is 3.56. The molecule has 0 saturated carbocycles. The summed E-state index contributed by atoms with van der Waals surface area (Å²) in [6, 6.07) is 4.84. The zero-order valence-electron chi connectivity index (χ0n) is 8.74. The number of aromatic nitrogens is 1. The Balaban J connectivity index is 1.85. The molecule has 1 aromatic heterocycles. The van der Waals surface area contributed by atoms with Gasteiger partial charge in [-0.15, -0.1) is 0 Å². The van der Waals surface area contributed by atoms with E-state index in [0.717, 1.165) is 6.54 Å². The highest BCUT2D eigenvalue weighted by atomic mass is 15.0. The molecule has 0 amide bonds. The molecule has 2 nitrogen and oxygen atoms in total. The van der Waals surface area contributed by atoms with Crippen LogP contribution in [0.5, 0.6) is 0 Å². The molecule has 1 unspecified atom stereocenters. The van der Waals surface area contributed by atoms with Crippen LogP contribution in [0.4, 0.5) is 0 Å². The van der Waals surface area contributed by atoms with Gasteiger partial charge in [0.2, 0.25) is 0 Å². The van der Waals surface area contributed by atoms with Crippen LogP contribution in [0.3, 0.4) is 0 Å². The zero-order chi connectivity index (χ0) is 9.80. The lowest BCUT2D eigenvalue weighted by Gasteiger charge is -2.18. The Morgan fingerprint density at radius 1 is 1.57 bits per heavy atom. The number of rotatable bonds is 3. The second-order valence-electron chi connectivity index (χ2n) is 3.96. The van der Waals surface area contributed by atoms with Gasteiger partial charge in [-0.3, -0.25) is 0 Å². The van der Waals surface area contributed by atoms with E-state index in [4.69, 9.17) is 0 Å². The Hall–Kier alpha value is -1.02. The summed E-state index contributed by atoms with van der Waals surface area (Å²) in [6.45, 7) is 0.971. The average Bonchev–Trinajstić information content (AvgIpc) is 2.63. The van der Waals surface area contributed by atoms with Crippen LogP contribution in [0.2, 0.25) is 0 Å². The lowest BCUT2D eigenvalue weighted by molar-refractivity contribution is 0.513. The molecular weight excluding hydrogens is 172 g/mol. The number of allylic oxidation sites excluding steroid dienone is 1. The first-order valence-corrected chi connectivity index (χ1v) is 5.36. The third-order valence-electron chi connectivity index (χ3n) is 2.85. The summed E-state index contributed by atoms with van der Waals surface area (Å²) in [7, 11) is 2.09. The summed E-state index contributed by atoms with van der Waals surface area (Å²) in [6.07, 6.45) is 10.5. The fourth-order valence-corrected chi connectivity index (χ4v) is 1.90. The molecule has 0 radical (unpaired) electrons. The molecule has 0 saturated heterocycles. The molecule has 0 spiro atoms. The molecule has 1 aliphatic carbocycles. The summed E-state index contributed by atoms with van der Waals surface area (Å²) in [4.78, 5) is 0. The summed E-state index contributed by atoms with van der Waals surface area (Å²) in [5.41, 5.74) is 1.35. The van der Waals surface area contributed by atoms with Crippen molar-refractivity contribution in [2.45, 2.75) is 31.8 Å². The van der Waals surface area contributed by atoms with Crippen LogP contribution in [0.25, 0.3) is 0 Å². The number of hydrogen-bond acceptors (Lipinski definition) is 1. The van der Waals surface area contributed by atoms with Gasteiger partial charge < -0.3 is 9.88 Å². The van der Waals surface area contributed by atoms with E-state index < -0.39 is 0 Å². The fourth-order valence-electron chi connectivity index (χ4n) is 1.90. The van der Waals surface area contributed by atoms with Crippen LogP contribution in [-0.4, -0.2) is 10.6 Å². The van der Waals surface area contributed by atoms with Crippen molar-refractivity contribution in [3.63, 3.8) is 0 Å². The van der Waals surface area contributed by atoms with E-state index in [1.165, 1.54) is 25.0 Å². The molecule has 0 fully saturated rings. The Kier molecular flexibility index (Phi) is 3.04. The van der Waals surface area contributed by atoms with Crippen molar-refractivity contribution >= 4 is 0 Å². The quantitative estimate of drug-likeness (QED) is 0.723. The Morgan fingerprint density at radius 2 is 2.50 bits per heavy atom. The van der Waals surface area contributed by atoms with Crippen LogP contribution in [0.15, 0.2) is 30.5 Å². The van der Waals surface area contributed by atoms with Gasteiger partial charge in [0.15, 0.2) is 0 Å². The van der Waals surface area contributed by atoms with Gasteiger partial charge in [0.05, 0.1) is 0 Å². The number of aryl methyl sites for hydroxylation is 1. The van der Waals surface area contributed by atoms with Crippen LogP contribution in [-0.2, 0) is 13.6 Å². The summed E-state index contributed by atoms with van der Waals surface area (Å²) >= 11 is 0. The highest BCUT2D eigenvalue weighted by Gasteiger charge is 2.07. The molecule has 0 aliphatic heterocycles. The summed E-state index contributed by atoms with van der Waals surface area (Å²) < 4.78 is 2.17. The molecule has 1 aromatic rings. The van der Waals surface area contributed by atoms with E-state index in [1.54, 1.807) is 0 Å². The highest BCUT2D eigenvalue weighted by Crippen LogP contribution is 2.10. The number of hydrogen-bond donors (Lipinski definition) is 1. The minimum atomic E-state index is 0.582. The minimum absolute atomic E-state index is 0.582. The van der Waals surface area contributed by atoms with Crippen molar-refractivity contribution in [3.8, 4) is 0 Å². The van der Waals surface area contributed by atoms with Crippen LogP contribution in [0.1, 0.15) is 25.0 Å². The standard InChI is InChI=1S/C12H18N2/c1-14-9-5-8-12(14)10-13-11-6-3-2-4-7-11/h3,5-6,8-9,11,13H,2,4,7,10H2,1H3. The second kappa shape index (κ2) is 4.47. The van der Waals surface area contributed by atoms with Gasteiger partial charge in [-0.25, -0.2) is 0 Å². The van der Waals surface area contributed by atoms with E-state index in [9.17, 15) is 0 Å². The maximum atomic E-state index is 3.56. The summed E-state index contributed by atoms with van der Waals surface area (Å²) in [5.74, 6) is 0. The molecule has 1 N–H and O–H groups in total. The molecule has 2 heteroatoms. The Morgan fingerprint density at radius 3 is 3.14 bits per heavy atom. The fraction of sp³-hybridized carbons (Fsp3) is 0.500. The summed E-state index contributed by atoms with van der Waals surface area (Å²) in [5, 5.41) is 3.56. The van der Waals surface area contributed by atoms with Gasteiger partial charge in [-0.2, -0.15) is 0 Å². The van der Waals surface area contributed by atoms with Gasteiger partial charge in [0, 0.05) is 31.5 Å². The first kappa shape index (κ1) is 9.53. The first-order valence-electron chi connectivity index (χ1n) is 5.36. The average molecular weight is 190 g/mol. The van der Waals surface area contributed by atoms with Crippen molar-refractivity contribution < 1.29 is 0 Å². The lowest BCUT2D eigenvalue weighted by Crippen LogP contribution is -2.28. The minimum Gasteiger partial charge on any atom is -0.353 e. The van der Waals surface area contributed by atoms with Gasteiger partial charge in [0.25, 0.3) is 0 Å². The Bertz CT molecular complexity index is 312. The van der Waals surface area contributed by atoms with Crippen molar-refractivity contribution in [2.75, 3.05) is 0 Å². The molecule has 1 atom stereocenters. The number of nitrogens with zero attached hydrogens (tertiary/aromatic N) is 1. The Labute approximate surface area is 85.6 Å². The second-order valence-corrected chi connectivity index (χ2v) is 3.96. The topological polar surface area (TPSA) is 17.0 Å².